The Balaban J connectivity index is 1.74. The molecule has 0 aromatic heterocycles. The molecule has 0 bridgehead atoms. The first-order valence-corrected chi connectivity index (χ1v) is 7.88. The number of ether oxygens (including phenoxy) is 1. The van der Waals surface area contributed by atoms with Gasteiger partial charge in [-0.15, -0.1) is 0 Å². The monoisotopic (exact) mass is 372 g/mol. The molecule has 0 N–H and O–H groups in total. The lowest BCUT2D eigenvalue weighted by atomic mass is 10.1. The second-order valence-electron chi connectivity index (χ2n) is 5.84. The lowest BCUT2D eigenvalue weighted by Gasteiger charge is -2.17. The van der Waals surface area contributed by atoms with Gasteiger partial charge in [-0.05, 0) is 30.7 Å². The van der Waals surface area contributed by atoms with Crippen molar-refractivity contribution < 1.29 is 28.4 Å². The van der Waals surface area contributed by atoms with Crippen LogP contribution in [0.25, 0.3) is 0 Å². The summed E-state index contributed by atoms with van der Waals surface area (Å²) in [6.45, 7) is 0.868. The second-order valence-corrected chi connectivity index (χ2v) is 5.84. The highest BCUT2D eigenvalue weighted by atomic mass is 19.1. The molecule has 9 heteroatoms. The molecule has 1 atom stereocenters. The minimum absolute atomic E-state index is 0.131. The molecule has 2 aromatic carbocycles. The third-order valence-corrected chi connectivity index (χ3v) is 4.11. The molecule has 1 aliphatic rings. The average Bonchev–Trinajstić information content (AvgIpc) is 2.87. The first-order chi connectivity index (χ1) is 12.8. The van der Waals surface area contributed by atoms with Gasteiger partial charge in [-0.2, -0.15) is 0 Å². The van der Waals surface area contributed by atoms with Crippen LogP contribution in [0.4, 0.5) is 10.1 Å². The van der Waals surface area contributed by atoms with Crippen LogP contribution in [0.1, 0.15) is 39.3 Å². The number of imide groups is 1. The summed E-state index contributed by atoms with van der Waals surface area (Å²) in [5.74, 6) is -3.03. The smallest absolute Gasteiger partial charge is 0.326 e. The molecule has 27 heavy (non-hydrogen) atoms. The van der Waals surface area contributed by atoms with Gasteiger partial charge in [-0.25, -0.2) is 4.39 Å². The maximum Gasteiger partial charge on any atom is 0.326 e. The van der Waals surface area contributed by atoms with Crippen molar-refractivity contribution in [3.63, 3.8) is 0 Å². The maximum atomic E-state index is 13.0. The molecule has 1 unspecified atom stereocenters. The summed E-state index contributed by atoms with van der Waals surface area (Å²) in [6, 6.07) is 9.00. The number of fused-ring (bicyclic) bond motifs is 1. The molecule has 0 spiro atoms. The summed E-state index contributed by atoms with van der Waals surface area (Å²) in [7, 11) is 0. The van der Waals surface area contributed by atoms with Crippen LogP contribution in [0, 0.1) is 15.9 Å². The van der Waals surface area contributed by atoms with Crippen molar-refractivity contribution in [2.24, 2.45) is 0 Å². The summed E-state index contributed by atoms with van der Waals surface area (Å²) >= 11 is 0. The molecule has 0 radical (unpaired) electrons. The molecule has 138 valence electrons. The molecule has 2 amide bonds. The van der Waals surface area contributed by atoms with Gasteiger partial charge in [0, 0.05) is 6.07 Å². The molecule has 1 heterocycles. The number of nitro benzene ring substituents is 1. The van der Waals surface area contributed by atoms with Crippen molar-refractivity contribution in [3.05, 3.63) is 75.1 Å². The molecule has 1 aliphatic heterocycles. The van der Waals surface area contributed by atoms with Gasteiger partial charge in [-0.3, -0.25) is 29.4 Å². The third kappa shape index (κ3) is 3.39. The van der Waals surface area contributed by atoms with Crippen LogP contribution >= 0.6 is 0 Å². The van der Waals surface area contributed by atoms with Crippen LogP contribution in [-0.4, -0.2) is 34.2 Å². The molecule has 8 nitrogen and oxygen atoms in total. The van der Waals surface area contributed by atoms with E-state index < -0.39 is 46.9 Å². The number of hydrogen-bond acceptors (Lipinski definition) is 6. The van der Waals surface area contributed by atoms with Crippen LogP contribution in [0.2, 0.25) is 0 Å². The fourth-order valence-corrected chi connectivity index (χ4v) is 2.78. The molecular formula is C18H13FN2O6. The number of rotatable bonds is 5. The molecule has 3 rings (SSSR count). The third-order valence-electron chi connectivity index (χ3n) is 4.11. The first-order valence-electron chi connectivity index (χ1n) is 7.88. The van der Waals surface area contributed by atoms with Crippen molar-refractivity contribution in [1.29, 1.82) is 0 Å². The highest BCUT2D eigenvalue weighted by molar-refractivity contribution is 6.24. The summed E-state index contributed by atoms with van der Waals surface area (Å²) < 4.78 is 18.1. The van der Waals surface area contributed by atoms with Crippen molar-refractivity contribution in [3.8, 4) is 0 Å². The van der Waals surface area contributed by atoms with E-state index in [0.29, 0.717) is 10.5 Å². The minimum Gasteiger partial charge on any atom is -0.456 e. The van der Waals surface area contributed by atoms with E-state index >= 15 is 0 Å². The molecule has 0 saturated carbocycles. The predicted molar refractivity (Wildman–Crippen MR) is 89.4 cm³/mol. The molecule has 2 aromatic rings. The number of benzene rings is 2. The number of halogens is 1. The Morgan fingerprint density at radius 2 is 1.85 bits per heavy atom. The van der Waals surface area contributed by atoms with Crippen LogP contribution in [-0.2, 0) is 9.53 Å². The fraction of sp³-hybridized carbons (Fsp3) is 0.167. The van der Waals surface area contributed by atoms with Crippen molar-refractivity contribution in [1.82, 2.24) is 4.90 Å². The Morgan fingerprint density at radius 1 is 1.19 bits per heavy atom. The van der Waals surface area contributed by atoms with E-state index in [4.69, 9.17) is 4.74 Å². The number of amides is 2. The van der Waals surface area contributed by atoms with E-state index in [1.165, 1.54) is 36.4 Å². The number of hydrogen-bond donors (Lipinski definition) is 0. The summed E-state index contributed by atoms with van der Waals surface area (Å²) in [6.07, 6.45) is -0.734. The Hall–Kier alpha value is -3.62. The molecule has 0 aliphatic carbocycles. The van der Waals surface area contributed by atoms with E-state index in [0.717, 1.165) is 6.07 Å². The lowest BCUT2D eigenvalue weighted by molar-refractivity contribution is -0.385. The summed E-state index contributed by atoms with van der Waals surface area (Å²) in [4.78, 5) is 47.8. The van der Waals surface area contributed by atoms with E-state index in [2.05, 4.69) is 0 Å². The minimum atomic E-state index is -0.923. The normalized spacial score (nSPS) is 14.1. The number of carbonyl (C=O) groups excluding carboxylic acids is 3. The highest BCUT2D eigenvalue weighted by Gasteiger charge is 2.42. The zero-order valence-electron chi connectivity index (χ0n) is 14.0. The highest BCUT2D eigenvalue weighted by Crippen LogP contribution is 2.30. The molecular weight excluding hydrogens is 359 g/mol. The van der Waals surface area contributed by atoms with E-state index in [-0.39, 0.29) is 11.1 Å². The van der Waals surface area contributed by atoms with Crippen LogP contribution < -0.4 is 0 Å². The van der Waals surface area contributed by atoms with Gasteiger partial charge in [0.1, 0.15) is 24.0 Å². The zero-order valence-corrected chi connectivity index (χ0v) is 14.0. The van der Waals surface area contributed by atoms with Crippen molar-refractivity contribution in [2.75, 3.05) is 6.54 Å². The maximum absolute atomic E-state index is 13.0. The first kappa shape index (κ1) is 18.2. The Morgan fingerprint density at radius 3 is 2.48 bits per heavy atom. The van der Waals surface area contributed by atoms with E-state index in [1.807, 2.05) is 0 Å². The van der Waals surface area contributed by atoms with Gasteiger partial charge in [-0.1, -0.05) is 18.2 Å². The van der Waals surface area contributed by atoms with Crippen molar-refractivity contribution >= 4 is 23.5 Å². The Bertz CT molecular complexity index is 957. The fourth-order valence-electron chi connectivity index (χ4n) is 2.78. The Kier molecular flexibility index (Phi) is 4.68. The van der Waals surface area contributed by atoms with Crippen LogP contribution in [0.3, 0.4) is 0 Å². The predicted octanol–water partition coefficient (Wildman–Crippen LogP) is 2.63. The van der Waals surface area contributed by atoms with Gasteiger partial charge in [0.25, 0.3) is 17.5 Å². The van der Waals surface area contributed by atoms with Crippen LogP contribution in [0.5, 0.6) is 0 Å². The average molecular weight is 372 g/mol. The zero-order chi connectivity index (χ0) is 19.7. The number of nitrogens with zero attached hydrogens (tertiary/aromatic N) is 2. The van der Waals surface area contributed by atoms with Gasteiger partial charge in [0.15, 0.2) is 0 Å². The SMILES string of the molecule is CC(OC(=O)CN1C(=O)c2cccc([N+](=O)[O-])c2C1=O)c1ccc(F)cc1. The molecule has 0 fully saturated rings. The van der Waals surface area contributed by atoms with E-state index in [9.17, 15) is 28.9 Å². The molecule has 0 saturated heterocycles. The Labute approximate surface area is 152 Å². The number of nitro groups is 1. The van der Waals surface area contributed by atoms with Gasteiger partial charge in [0.2, 0.25) is 0 Å². The quantitative estimate of drug-likeness (QED) is 0.346. The topological polar surface area (TPSA) is 107 Å². The van der Waals surface area contributed by atoms with Crippen LogP contribution in [0.15, 0.2) is 42.5 Å². The standard InChI is InChI=1S/C18H13FN2O6/c1-10(11-5-7-12(19)8-6-11)27-15(22)9-20-17(23)13-3-2-4-14(21(25)26)16(13)18(20)24/h2-8,10H,9H2,1H3. The summed E-state index contributed by atoms with van der Waals surface area (Å²) in [5, 5.41) is 11.1. The summed E-state index contributed by atoms with van der Waals surface area (Å²) in [5.41, 5.74) is -0.440. The van der Waals surface area contributed by atoms with E-state index in [1.54, 1.807) is 6.92 Å². The van der Waals surface area contributed by atoms with Gasteiger partial charge in [0.05, 0.1) is 10.5 Å². The number of esters is 1. The van der Waals surface area contributed by atoms with Crippen molar-refractivity contribution in [2.45, 2.75) is 13.0 Å². The van der Waals surface area contributed by atoms with Gasteiger partial charge < -0.3 is 4.74 Å². The lowest BCUT2D eigenvalue weighted by Crippen LogP contribution is -2.36. The second kappa shape index (κ2) is 6.94. The largest absolute Gasteiger partial charge is 0.456 e. The van der Waals surface area contributed by atoms with Gasteiger partial charge >= 0.3 is 5.97 Å². The number of carbonyl (C=O) groups is 3.